The van der Waals surface area contributed by atoms with Crippen molar-refractivity contribution >= 4 is 11.6 Å². The molecule has 0 radical (unpaired) electrons. The van der Waals surface area contributed by atoms with Crippen molar-refractivity contribution in [2.75, 3.05) is 5.32 Å². The molecule has 26 heavy (non-hydrogen) atoms. The van der Waals surface area contributed by atoms with Gasteiger partial charge in [0.15, 0.2) is 6.10 Å². The highest BCUT2D eigenvalue weighted by molar-refractivity contribution is 5.94. The highest BCUT2D eigenvalue weighted by Crippen LogP contribution is 2.16. The van der Waals surface area contributed by atoms with Crippen molar-refractivity contribution in [3.8, 4) is 5.75 Å². The minimum absolute atomic E-state index is 0.267. The van der Waals surface area contributed by atoms with Crippen molar-refractivity contribution in [3.63, 3.8) is 0 Å². The van der Waals surface area contributed by atoms with Crippen LogP contribution in [-0.2, 0) is 11.2 Å². The molecule has 0 saturated carbocycles. The first-order valence-electron chi connectivity index (χ1n) is 8.31. The lowest BCUT2D eigenvalue weighted by atomic mass is 10.1. The number of aromatic nitrogens is 1. The number of benzene rings is 2. The van der Waals surface area contributed by atoms with Gasteiger partial charge in [-0.15, -0.1) is 0 Å². The van der Waals surface area contributed by atoms with Crippen LogP contribution in [0.1, 0.15) is 18.1 Å². The molecule has 0 unspecified atom stereocenters. The molecule has 0 aliphatic carbocycles. The quantitative estimate of drug-likeness (QED) is 0.724. The van der Waals surface area contributed by atoms with Gasteiger partial charge in [-0.2, -0.15) is 0 Å². The van der Waals surface area contributed by atoms with Crippen LogP contribution in [0.15, 0.2) is 73.1 Å². The number of amides is 1. The molecule has 1 N–H and O–H groups in total. The van der Waals surface area contributed by atoms with E-state index in [1.165, 1.54) is 29.8 Å². The second-order valence-electron chi connectivity index (χ2n) is 5.93. The van der Waals surface area contributed by atoms with Crippen molar-refractivity contribution in [3.05, 3.63) is 90.0 Å². The highest BCUT2D eigenvalue weighted by Gasteiger charge is 2.15. The maximum absolute atomic E-state index is 12.9. The Hall–Kier alpha value is -3.21. The fourth-order valence-electron chi connectivity index (χ4n) is 2.46. The lowest BCUT2D eigenvalue weighted by Gasteiger charge is -2.15. The Balaban J connectivity index is 1.56. The zero-order valence-corrected chi connectivity index (χ0v) is 14.4. The molecule has 132 valence electrons. The number of halogens is 1. The lowest BCUT2D eigenvalue weighted by molar-refractivity contribution is -0.122. The molecular formula is C21H19FN2O2. The Morgan fingerprint density at radius 3 is 2.27 bits per heavy atom. The Labute approximate surface area is 151 Å². The number of pyridine rings is 1. The highest BCUT2D eigenvalue weighted by atomic mass is 19.1. The molecule has 0 saturated heterocycles. The SMILES string of the molecule is C[C@@H](Oc1ccc(F)cc1)C(=O)Nc1ccc(Cc2ccncc2)cc1. The second-order valence-corrected chi connectivity index (χ2v) is 5.93. The topological polar surface area (TPSA) is 51.2 Å². The van der Waals surface area contributed by atoms with Crippen molar-refractivity contribution in [2.45, 2.75) is 19.4 Å². The van der Waals surface area contributed by atoms with Crippen molar-refractivity contribution < 1.29 is 13.9 Å². The summed E-state index contributed by atoms with van der Waals surface area (Å²) in [6.45, 7) is 1.65. The van der Waals surface area contributed by atoms with Gasteiger partial charge in [-0.05, 0) is 73.0 Å². The van der Waals surface area contributed by atoms with Crippen LogP contribution >= 0.6 is 0 Å². The normalized spacial score (nSPS) is 11.6. The van der Waals surface area contributed by atoms with Gasteiger partial charge >= 0.3 is 0 Å². The summed E-state index contributed by atoms with van der Waals surface area (Å²) in [5.74, 6) is -0.167. The molecule has 0 aliphatic heterocycles. The molecule has 1 atom stereocenters. The summed E-state index contributed by atoms with van der Waals surface area (Å²) in [6.07, 6.45) is 3.65. The smallest absolute Gasteiger partial charge is 0.265 e. The summed E-state index contributed by atoms with van der Waals surface area (Å²) in [4.78, 5) is 16.2. The van der Waals surface area contributed by atoms with Crippen LogP contribution in [0.5, 0.6) is 5.75 Å². The zero-order valence-electron chi connectivity index (χ0n) is 14.4. The maximum Gasteiger partial charge on any atom is 0.265 e. The number of carbonyl (C=O) groups excluding carboxylic acids is 1. The number of hydrogen-bond donors (Lipinski definition) is 1. The number of anilines is 1. The molecule has 3 aromatic rings. The van der Waals surface area contributed by atoms with Crippen molar-refractivity contribution in [2.24, 2.45) is 0 Å². The van der Waals surface area contributed by atoms with E-state index in [4.69, 9.17) is 4.74 Å². The van der Waals surface area contributed by atoms with E-state index in [1.54, 1.807) is 19.3 Å². The van der Waals surface area contributed by atoms with Gasteiger partial charge in [-0.1, -0.05) is 12.1 Å². The van der Waals surface area contributed by atoms with Crippen molar-refractivity contribution in [1.82, 2.24) is 4.98 Å². The molecule has 1 aromatic heterocycles. The van der Waals surface area contributed by atoms with Gasteiger partial charge in [0.25, 0.3) is 5.91 Å². The van der Waals surface area contributed by atoms with Gasteiger partial charge in [0.05, 0.1) is 0 Å². The lowest BCUT2D eigenvalue weighted by Crippen LogP contribution is -2.30. The van der Waals surface area contributed by atoms with E-state index in [2.05, 4.69) is 10.3 Å². The van der Waals surface area contributed by atoms with Crippen LogP contribution in [0.25, 0.3) is 0 Å². The van der Waals surface area contributed by atoms with Crippen LogP contribution in [0.4, 0.5) is 10.1 Å². The van der Waals surface area contributed by atoms with Gasteiger partial charge in [-0.3, -0.25) is 9.78 Å². The summed E-state index contributed by atoms with van der Waals surface area (Å²) in [7, 11) is 0. The predicted molar refractivity (Wildman–Crippen MR) is 98.6 cm³/mol. The minimum atomic E-state index is -0.697. The molecule has 1 amide bonds. The largest absolute Gasteiger partial charge is 0.481 e. The zero-order chi connectivity index (χ0) is 18.4. The fourth-order valence-corrected chi connectivity index (χ4v) is 2.46. The molecule has 1 heterocycles. The van der Waals surface area contributed by atoms with Gasteiger partial charge < -0.3 is 10.1 Å². The molecule has 3 rings (SSSR count). The number of carbonyl (C=O) groups is 1. The van der Waals surface area contributed by atoms with E-state index in [9.17, 15) is 9.18 Å². The van der Waals surface area contributed by atoms with E-state index in [-0.39, 0.29) is 11.7 Å². The van der Waals surface area contributed by atoms with E-state index in [0.717, 1.165) is 12.0 Å². The van der Waals surface area contributed by atoms with Gasteiger partial charge in [0.1, 0.15) is 11.6 Å². The van der Waals surface area contributed by atoms with Crippen LogP contribution in [0.3, 0.4) is 0 Å². The molecule has 4 nitrogen and oxygen atoms in total. The number of ether oxygens (including phenoxy) is 1. The van der Waals surface area contributed by atoms with Crippen LogP contribution < -0.4 is 10.1 Å². The number of rotatable bonds is 6. The van der Waals surface area contributed by atoms with Gasteiger partial charge in [0, 0.05) is 18.1 Å². The molecule has 5 heteroatoms. The van der Waals surface area contributed by atoms with E-state index < -0.39 is 6.10 Å². The van der Waals surface area contributed by atoms with E-state index in [1.807, 2.05) is 36.4 Å². The van der Waals surface area contributed by atoms with Crippen LogP contribution in [-0.4, -0.2) is 17.0 Å². The van der Waals surface area contributed by atoms with E-state index >= 15 is 0 Å². The Bertz CT molecular complexity index is 849. The fraction of sp³-hybridized carbons (Fsp3) is 0.143. The Kier molecular flexibility index (Phi) is 5.59. The summed E-state index contributed by atoms with van der Waals surface area (Å²) in [5.41, 5.74) is 3.02. The van der Waals surface area contributed by atoms with Crippen LogP contribution in [0.2, 0.25) is 0 Å². The molecule has 2 aromatic carbocycles. The average molecular weight is 350 g/mol. The number of nitrogens with one attached hydrogen (secondary N) is 1. The minimum Gasteiger partial charge on any atom is -0.481 e. The predicted octanol–water partition coefficient (Wildman–Crippen LogP) is 4.22. The monoisotopic (exact) mass is 350 g/mol. The van der Waals surface area contributed by atoms with Crippen LogP contribution in [0, 0.1) is 5.82 Å². The average Bonchev–Trinajstić information content (AvgIpc) is 2.66. The summed E-state index contributed by atoms with van der Waals surface area (Å²) in [5, 5.41) is 2.82. The van der Waals surface area contributed by atoms with Crippen molar-refractivity contribution in [1.29, 1.82) is 0 Å². The third kappa shape index (κ3) is 4.89. The summed E-state index contributed by atoms with van der Waals surface area (Å²) in [6, 6.07) is 17.2. The molecule has 0 aliphatic rings. The third-order valence-corrected chi connectivity index (χ3v) is 3.87. The Morgan fingerprint density at radius 1 is 1.00 bits per heavy atom. The second kappa shape index (κ2) is 8.25. The van der Waals surface area contributed by atoms with Gasteiger partial charge in [-0.25, -0.2) is 4.39 Å². The van der Waals surface area contributed by atoms with E-state index in [0.29, 0.717) is 11.4 Å². The standard InChI is InChI=1S/C21H19FN2O2/c1-15(26-20-8-4-18(22)5-9-20)21(25)24-19-6-2-16(3-7-19)14-17-10-12-23-13-11-17/h2-13,15H,14H2,1H3,(H,24,25)/t15-/m1/s1. The molecular weight excluding hydrogens is 331 g/mol. The Morgan fingerprint density at radius 2 is 1.62 bits per heavy atom. The molecule has 0 bridgehead atoms. The van der Waals surface area contributed by atoms with Gasteiger partial charge in [0.2, 0.25) is 0 Å². The number of hydrogen-bond acceptors (Lipinski definition) is 3. The third-order valence-electron chi connectivity index (χ3n) is 3.87. The maximum atomic E-state index is 12.9. The first-order valence-corrected chi connectivity index (χ1v) is 8.31. The summed E-state index contributed by atoms with van der Waals surface area (Å²) < 4.78 is 18.4. The molecule has 0 spiro atoms. The number of nitrogens with zero attached hydrogens (tertiary/aromatic N) is 1. The molecule has 0 fully saturated rings. The summed E-state index contributed by atoms with van der Waals surface area (Å²) >= 11 is 0. The first-order chi connectivity index (χ1) is 12.6. The first kappa shape index (κ1) is 17.6.